The number of carbonyl (C=O) groups is 1. The standard InChI is InChI=1S/C14H12F2N2O/c1-8-6-10(3-5-13(8)17)18-14(19)9-2-4-11(15)12(16)7-9/h2-7H,17H2,1H3,(H,18,19). The smallest absolute Gasteiger partial charge is 0.255 e. The first kappa shape index (κ1) is 13.0. The van der Waals surface area contributed by atoms with E-state index in [0.717, 1.165) is 17.7 Å². The zero-order valence-corrected chi connectivity index (χ0v) is 10.2. The van der Waals surface area contributed by atoms with E-state index < -0.39 is 17.5 Å². The number of benzene rings is 2. The molecule has 0 atom stereocenters. The number of halogens is 2. The number of hydrogen-bond donors (Lipinski definition) is 2. The van der Waals surface area contributed by atoms with Crippen LogP contribution < -0.4 is 11.1 Å². The first-order valence-corrected chi connectivity index (χ1v) is 5.60. The van der Waals surface area contributed by atoms with E-state index in [1.807, 2.05) is 6.92 Å². The van der Waals surface area contributed by atoms with Crippen LogP contribution in [0, 0.1) is 18.6 Å². The third-order valence-corrected chi connectivity index (χ3v) is 2.71. The summed E-state index contributed by atoms with van der Waals surface area (Å²) in [6.07, 6.45) is 0. The van der Waals surface area contributed by atoms with Crippen molar-refractivity contribution in [2.24, 2.45) is 0 Å². The fraction of sp³-hybridized carbons (Fsp3) is 0.0714. The second-order valence-electron chi connectivity index (χ2n) is 4.15. The topological polar surface area (TPSA) is 55.1 Å². The predicted molar refractivity (Wildman–Crippen MR) is 69.9 cm³/mol. The van der Waals surface area contributed by atoms with Crippen LogP contribution in [-0.4, -0.2) is 5.91 Å². The largest absolute Gasteiger partial charge is 0.399 e. The van der Waals surface area contributed by atoms with E-state index >= 15 is 0 Å². The molecule has 2 aromatic rings. The van der Waals surface area contributed by atoms with Crippen LogP contribution in [0.5, 0.6) is 0 Å². The number of anilines is 2. The molecule has 1 amide bonds. The third-order valence-electron chi connectivity index (χ3n) is 2.71. The van der Waals surface area contributed by atoms with Gasteiger partial charge in [-0.2, -0.15) is 0 Å². The van der Waals surface area contributed by atoms with Crippen molar-refractivity contribution in [2.45, 2.75) is 6.92 Å². The Labute approximate surface area is 109 Å². The second kappa shape index (κ2) is 5.06. The Morgan fingerprint density at radius 3 is 2.47 bits per heavy atom. The van der Waals surface area contributed by atoms with Crippen LogP contribution in [-0.2, 0) is 0 Å². The summed E-state index contributed by atoms with van der Waals surface area (Å²) in [5.41, 5.74) is 7.69. The van der Waals surface area contributed by atoms with Gasteiger partial charge in [-0.25, -0.2) is 8.78 Å². The van der Waals surface area contributed by atoms with Crippen molar-refractivity contribution in [3.8, 4) is 0 Å². The number of nitrogens with two attached hydrogens (primary N) is 1. The van der Waals surface area contributed by atoms with Crippen molar-refractivity contribution in [3.63, 3.8) is 0 Å². The molecule has 98 valence electrons. The average molecular weight is 262 g/mol. The van der Waals surface area contributed by atoms with Crippen molar-refractivity contribution in [1.29, 1.82) is 0 Å². The molecule has 0 aliphatic carbocycles. The first-order valence-electron chi connectivity index (χ1n) is 5.60. The van der Waals surface area contributed by atoms with Gasteiger partial charge in [-0.3, -0.25) is 4.79 Å². The molecule has 0 heterocycles. The molecule has 0 saturated carbocycles. The monoisotopic (exact) mass is 262 g/mol. The quantitative estimate of drug-likeness (QED) is 0.817. The van der Waals surface area contributed by atoms with Crippen molar-refractivity contribution in [3.05, 3.63) is 59.2 Å². The van der Waals surface area contributed by atoms with Gasteiger partial charge < -0.3 is 11.1 Å². The molecule has 0 aromatic heterocycles. The van der Waals surface area contributed by atoms with Gasteiger partial charge in [0.2, 0.25) is 0 Å². The van der Waals surface area contributed by atoms with Crippen LogP contribution in [0.25, 0.3) is 0 Å². The van der Waals surface area contributed by atoms with E-state index in [-0.39, 0.29) is 5.56 Å². The SMILES string of the molecule is Cc1cc(NC(=O)c2ccc(F)c(F)c2)ccc1N. The maximum absolute atomic E-state index is 13.0. The number of nitrogens with one attached hydrogen (secondary N) is 1. The normalized spacial score (nSPS) is 10.3. The van der Waals surface area contributed by atoms with Gasteiger partial charge in [0.05, 0.1) is 0 Å². The number of rotatable bonds is 2. The van der Waals surface area contributed by atoms with E-state index in [9.17, 15) is 13.6 Å². The highest BCUT2D eigenvalue weighted by Gasteiger charge is 2.10. The van der Waals surface area contributed by atoms with E-state index in [1.165, 1.54) is 6.07 Å². The van der Waals surface area contributed by atoms with Crippen LogP contribution >= 0.6 is 0 Å². The number of carbonyl (C=O) groups excluding carboxylic acids is 1. The minimum atomic E-state index is -1.05. The summed E-state index contributed by atoms with van der Waals surface area (Å²) < 4.78 is 25.8. The zero-order valence-electron chi connectivity index (χ0n) is 10.2. The molecular formula is C14H12F2N2O. The molecule has 3 N–H and O–H groups in total. The predicted octanol–water partition coefficient (Wildman–Crippen LogP) is 3.11. The first-order chi connectivity index (χ1) is 8.97. The molecule has 0 aliphatic heterocycles. The van der Waals surface area contributed by atoms with Gasteiger partial charge in [-0.05, 0) is 48.9 Å². The van der Waals surface area contributed by atoms with Crippen molar-refractivity contribution in [1.82, 2.24) is 0 Å². The molecule has 0 fully saturated rings. The summed E-state index contributed by atoms with van der Waals surface area (Å²) in [6, 6.07) is 7.99. The molecule has 0 radical (unpaired) electrons. The summed E-state index contributed by atoms with van der Waals surface area (Å²) in [4.78, 5) is 11.8. The maximum Gasteiger partial charge on any atom is 0.255 e. The third kappa shape index (κ3) is 2.88. The van der Waals surface area contributed by atoms with Crippen molar-refractivity contribution >= 4 is 17.3 Å². The summed E-state index contributed by atoms with van der Waals surface area (Å²) in [5.74, 6) is -2.55. The molecule has 0 bridgehead atoms. The lowest BCUT2D eigenvalue weighted by atomic mass is 10.1. The lowest BCUT2D eigenvalue weighted by Gasteiger charge is -2.07. The van der Waals surface area contributed by atoms with Crippen LogP contribution in [0.4, 0.5) is 20.2 Å². The van der Waals surface area contributed by atoms with Gasteiger partial charge >= 0.3 is 0 Å². The number of hydrogen-bond acceptors (Lipinski definition) is 2. The Bertz CT molecular complexity index is 641. The van der Waals surface area contributed by atoms with E-state index in [2.05, 4.69) is 5.32 Å². The van der Waals surface area contributed by atoms with Crippen LogP contribution in [0.15, 0.2) is 36.4 Å². The molecule has 2 rings (SSSR count). The van der Waals surface area contributed by atoms with Gasteiger partial charge in [0.15, 0.2) is 11.6 Å². The molecule has 0 unspecified atom stereocenters. The minimum Gasteiger partial charge on any atom is -0.399 e. The highest BCUT2D eigenvalue weighted by molar-refractivity contribution is 6.04. The Morgan fingerprint density at radius 1 is 1.11 bits per heavy atom. The van der Waals surface area contributed by atoms with Gasteiger partial charge in [-0.1, -0.05) is 0 Å². The maximum atomic E-state index is 13.0. The van der Waals surface area contributed by atoms with Crippen LogP contribution in [0.3, 0.4) is 0 Å². The lowest BCUT2D eigenvalue weighted by Crippen LogP contribution is -2.12. The summed E-state index contributed by atoms with van der Waals surface area (Å²) in [5, 5.41) is 2.59. The van der Waals surface area contributed by atoms with Gasteiger partial charge in [-0.15, -0.1) is 0 Å². The molecule has 0 aliphatic rings. The highest BCUT2D eigenvalue weighted by Crippen LogP contribution is 2.18. The van der Waals surface area contributed by atoms with Gasteiger partial charge in [0.25, 0.3) is 5.91 Å². The Morgan fingerprint density at radius 2 is 1.84 bits per heavy atom. The molecule has 3 nitrogen and oxygen atoms in total. The fourth-order valence-electron chi connectivity index (χ4n) is 1.59. The van der Waals surface area contributed by atoms with E-state index in [0.29, 0.717) is 11.4 Å². The molecule has 0 saturated heterocycles. The summed E-state index contributed by atoms with van der Waals surface area (Å²) >= 11 is 0. The van der Waals surface area contributed by atoms with Crippen molar-refractivity contribution < 1.29 is 13.6 Å². The van der Waals surface area contributed by atoms with Crippen molar-refractivity contribution in [2.75, 3.05) is 11.1 Å². The Hall–Kier alpha value is -2.43. The summed E-state index contributed by atoms with van der Waals surface area (Å²) in [7, 11) is 0. The van der Waals surface area contributed by atoms with Gasteiger partial charge in [0, 0.05) is 16.9 Å². The lowest BCUT2D eigenvalue weighted by molar-refractivity contribution is 0.102. The molecular weight excluding hydrogens is 250 g/mol. The number of amides is 1. The Kier molecular flexibility index (Phi) is 3.46. The molecule has 2 aromatic carbocycles. The Balaban J connectivity index is 2.20. The van der Waals surface area contributed by atoms with Gasteiger partial charge in [0.1, 0.15) is 0 Å². The zero-order chi connectivity index (χ0) is 14.0. The number of aryl methyl sites for hydroxylation is 1. The second-order valence-corrected chi connectivity index (χ2v) is 4.15. The number of nitrogen functional groups attached to an aromatic ring is 1. The minimum absolute atomic E-state index is 0.0494. The van der Waals surface area contributed by atoms with E-state index in [1.54, 1.807) is 18.2 Å². The fourth-order valence-corrected chi connectivity index (χ4v) is 1.59. The molecule has 19 heavy (non-hydrogen) atoms. The van der Waals surface area contributed by atoms with Crippen LogP contribution in [0.2, 0.25) is 0 Å². The highest BCUT2D eigenvalue weighted by atomic mass is 19.2. The van der Waals surface area contributed by atoms with Crippen LogP contribution in [0.1, 0.15) is 15.9 Å². The molecule has 0 spiro atoms. The average Bonchev–Trinajstić information content (AvgIpc) is 2.37. The molecule has 5 heteroatoms. The summed E-state index contributed by atoms with van der Waals surface area (Å²) in [6.45, 7) is 1.81. The van der Waals surface area contributed by atoms with E-state index in [4.69, 9.17) is 5.73 Å².